The lowest BCUT2D eigenvalue weighted by molar-refractivity contribution is 0.0727. The van der Waals surface area contributed by atoms with Gasteiger partial charge in [-0.3, -0.25) is 0 Å². The Morgan fingerprint density at radius 2 is 1.75 bits per heavy atom. The molecule has 2 N–H and O–H groups in total. The quantitative estimate of drug-likeness (QED) is 0.814. The second kappa shape index (κ2) is 7.53. The van der Waals surface area contributed by atoms with Crippen molar-refractivity contribution in [3.8, 4) is 11.5 Å². The summed E-state index contributed by atoms with van der Waals surface area (Å²) in [5.41, 5.74) is 0.839. The van der Waals surface area contributed by atoms with Crippen LogP contribution in [0, 0.1) is 0 Å². The lowest BCUT2D eigenvalue weighted by Gasteiger charge is -2.15. The molecule has 0 saturated heterocycles. The van der Waals surface area contributed by atoms with Gasteiger partial charge < -0.3 is 19.9 Å². The molecule has 0 aliphatic carbocycles. The molecule has 0 fully saturated rings. The topological polar surface area (TPSA) is 50.7 Å². The summed E-state index contributed by atoms with van der Waals surface area (Å²) in [6.45, 7) is 0.706. The van der Waals surface area contributed by atoms with Crippen molar-refractivity contribution >= 4 is 5.69 Å². The van der Waals surface area contributed by atoms with E-state index >= 15 is 0 Å². The van der Waals surface area contributed by atoms with E-state index in [9.17, 15) is 5.11 Å². The van der Waals surface area contributed by atoms with Crippen molar-refractivity contribution in [1.29, 1.82) is 0 Å². The second-order valence-corrected chi connectivity index (χ2v) is 4.40. The molecule has 0 aliphatic heterocycles. The summed E-state index contributed by atoms with van der Waals surface area (Å²) in [7, 11) is 1.57. The van der Waals surface area contributed by atoms with Crippen LogP contribution in [-0.2, 0) is 4.74 Å². The molecule has 1 atom stereocenters. The number of nitrogens with one attached hydrogen (secondary N) is 1. The Kier molecular flexibility index (Phi) is 5.41. The number of methoxy groups -OCH3 is 1. The van der Waals surface area contributed by atoms with E-state index < -0.39 is 6.10 Å². The fraction of sp³-hybridized carbons (Fsp3) is 0.250. The largest absolute Gasteiger partial charge is 0.455 e. The number of ether oxygens (including phenoxy) is 2. The zero-order chi connectivity index (χ0) is 14.2. The SMILES string of the molecule is COCC(O)CNc1ccccc1Oc1ccccc1. The summed E-state index contributed by atoms with van der Waals surface area (Å²) in [6, 6.07) is 17.2. The Morgan fingerprint density at radius 3 is 2.50 bits per heavy atom. The average Bonchev–Trinajstić information content (AvgIpc) is 2.48. The third kappa shape index (κ3) is 4.26. The number of aliphatic hydroxyl groups excluding tert-OH is 1. The third-order valence-corrected chi connectivity index (χ3v) is 2.75. The highest BCUT2D eigenvalue weighted by atomic mass is 16.5. The van der Waals surface area contributed by atoms with E-state index in [0.717, 1.165) is 17.2 Å². The van der Waals surface area contributed by atoms with E-state index in [2.05, 4.69) is 5.32 Å². The predicted octanol–water partition coefficient (Wildman–Crippen LogP) is 2.90. The lowest BCUT2D eigenvalue weighted by Crippen LogP contribution is -2.24. The van der Waals surface area contributed by atoms with E-state index in [1.165, 1.54) is 0 Å². The van der Waals surface area contributed by atoms with Crippen molar-refractivity contribution in [2.75, 3.05) is 25.6 Å². The van der Waals surface area contributed by atoms with Gasteiger partial charge in [0.1, 0.15) is 5.75 Å². The Bertz CT molecular complexity index is 516. The predicted molar refractivity (Wildman–Crippen MR) is 79.3 cm³/mol. The third-order valence-electron chi connectivity index (χ3n) is 2.75. The van der Waals surface area contributed by atoms with Gasteiger partial charge in [0, 0.05) is 13.7 Å². The minimum atomic E-state index is -0.551. The fourth-order valence-corrected chi connectivity index (χ4v) is 1.80. The average molecular weight is 273 g/mol. The Labute approximate surface area is 119 Å². The highest BCUT2D eigenvalue weighted by molar-refractivity contribution is 5.57. The van der Waals surface area contributed by atoms with Crippen molar-refractivity contribution < 1.29 is 14.6 Å². The minimum absolute atomic E-state index is 0.300. The van der Waals surface area contributed by atoms with E-state index in [1.54, 1.807) is 7.11 Å². The molecule has 0 spiro atoms. The molecule has 2 aromatic carbocycles. The summed E-state index contributed by atoms with van der Waals surface area (Å²) in [5, 5.41) is 12.8. The lowest BCUT2D eigenvalue weighted by atomic mass is 10.2. The summed E-state index contributed by atoms with van der Waals surface area (Å²) < 4.78 is 10.7. The first-order chi connectivity index (χ1) is 9.79. The molecule has 0 saturated carbocycles. The number of rotatable bonds is 7. The van der Waals surface area contributed by atoms with Crippen molar-refractivity contribution in [3.05, 3.63) is 54.6 Å². The zero-order valence-corrected chi connectivity index (χ0v) is 11.5. The number of benzene rings is 2. The van der Waals surface area contributed by atoms with E-state index in [1.807, 2.05) is 54.6 Å². The van der Waals surface area contributed by atoms with Crippen molar-refractivity contribution in [1.82, 2.24) is 0 Å². The van der Waals surface area contributed by atoms with Crippen molar-refractivity contribution in [2.24, 2.45) is 0 Å². The monoisotopic (exact) mass is 273 g/mol. The Hall–Kier alpha value is -2.04. The molecule has 0 aromatic heterocycles. The summed E-state index contributed by atoms with van der Waals surface area (Å²) in [5.74, 6) is 1.50. The number of hydrogen-bond acceptors (Lipinski definition) is 4. The second-order valence-electron chi connectivity index (χ2n) is 4.40. The van der Waals surface area contributed by atoms with Crippen LogP contribution in [0.3, 0.4) is 0 Å². The Balaban J connectivity index is 2.02. The zero-order valence-electron chi connectivity index (χ0n) is 11.5. The van der Waals surface area contributed by atoms with Crippen LogP contribution in [0.1, 0.15) is 0 Å². The normalized spacial score (nSPS) is 11.9. The van der Waals surface area contributed by atoms with Gasteiger partial charge in [0.15, 0.2) is 5.75 Å². The van der Waals surface area contributed by atoms with Crippen LogP contribution in [0.15, 0.2) is 54.6 Å². The van der Waals surface area contributed by atoms with Gasteiger partial charge in [-0.1, -0.05) is 30.3 Å². The molecule has 106 valence electrons. The van der Waals surface area contributed by atoms with Crippen LogP contribution in [0.2, 0.25) is 0 Å². The van der Waals surface area contributed by atoms with E-state index in [0.29, 0.717) is 13.2 Å². The molecule has 0 heterocycles. The number of anilines is 1. The standard InChI is InChI=1S/C16H19NO3/c1-19-12-13(18)11-17-15-9-5-6-10-16(15)20-14-7-3-2-4-8-14/h2-10,13,17-18H,11-12H2,1H3. The number of para-hydroxylation sites is 3. The molecule has 2 aromatic rings. The number of aliphatic hydroxyl groups is 1. The molecular formula is C16H19NO3. The van der Waals surface area contributed by atoms with Crippen LogP contribution < -0.4 is 10.1 Å². The smallest absolute Gasteiger partial charge is 0.150 e. The maximum absolute atomic E-state index is 9.66. The molecule has 4 heteroatoms. The summed E-state index contributed by atoms with van der Waals surface area (Å²) >= 11 is 0. The van der Waals surface area contributed by atoms with Gasteiger partial charge in [0.2, 0.25) is 0 Å². The Morgan fingerprint density at radius 1 is 1.05 bits per heavy atom. The first-order valence-electron chi connectivity index (χ1n) is 6.52. The summed E-state index contributed by atoms with van der Waals surface area (Å²) in [4.78, 5) is 0. The van der Waals surface area contributed by atoms with Gasteiger partial charge in [-0.05, 0) is 24.3 Å². The van der Waals surface area contributed by atoms with Gasteiger partial charge >= 0.3 is 0 Å². The maximum Gasteiger partial charge on any atom is 0.150 e. The van der Waals surface area contributed by atoms with Crippen LogP contribution in [-0.4, -0.2) is 31.5 Å². The maximum atomic E-state index is 9.66. The molecule has 0 bridgehead atoms. The summed E-state index contributed by atoms with van der Waals surface area (Å²) in [6.07, 6.45) is -0.551. The molecule has 0 radical (unpaired) electrons. The number of hydrogen-bond donors (Lipinski definition) is 2. The highest BCUT2D eigenvalue weighted by Crippen LogP contribution is 2.28. The molecule has 4 nitrogen and oxygen atoms in total. The van der Waals surface area contributed by atoms with Gasteiger partial charge in [-0.25, -0.2) is 0 Å². The van der Waals surface area contributed by atoms with Gasteiger partial charge in [-0.15, -0.1) is 0 Å². The van der Waals surface area contributed by atoms with Crippen molar-refractivity contribution in [2.45, 2.75) is 6.10 Å². The molecule has 1 unspecified atom stereocenters. The first-order valence-corrected chi connectivity index (χ1v) is 6.52. The molecule has 2 rings (SSSR count). The van der Waals surface area contributed by atoms with Crippen molar-refractivity contribution in [3.63, 3.8) is 0 Å². The minimum Gasteiger partial charge on any atom is -0.455 e. The van der Waals surface area contributed by atoms with Gasteiger partial charge in [-0.2, -0.15) is 0 Å². The van der Waals surface area contributed by atoms with Crippen LogP contribution in [0.5, 0.6) is 11.5 Å². The van der Waals surface area contributed by atoms with Gasteiger partial charge in [0.25, 0.3) is 0 Å². The van der Waals surface area contributed by atoms with Crippen LogP contribution in [0.4, 0.5) is 5.69 Å². The van der Waals surface area contributed by atoms with Crippen LogP contribution >= 0.6 is 0 Å². The highest BCUT2D eigenvalue weighted by Gasteiger charge is 2.07. The molecule has 0 amide bonds. The fourth-order valence-electron chi connectivity index (χ4n) is 1.80. The molecular weight excluding hydrogens is 254 g/mol. The molecule has 20 heavy (non-hydrogen) atoms. The van der Waals surface area contributed by atoms with Gasteiger partial charge in [0.05, 0.1) is 18.4 Å². The van der Waals surface area contributed by atoms with E-state index in [-0.39, 0.29) is 0 Å². The first kappa shape index (κ1) is 14.4. The van der Waals surface area contributed by atoms with E-state index in [4.69, 9.17) is 9.47 Å². The molecule has 0 aliphatic rings. The van der Waals surface area contributed by atoms with Crippen LogP contribution in [0.25, 0.3) is 0 Å².